The Bertz CT molecular complexity index is 1320. The topological polar surface area (TPSA) is 95.9 Å². The van der Waals surface area contributed by atoms with Crippen molar-refractivity contribution in [1.29, 1.82) is 0 Å². The van der Waals surface area contributed by atoms with Crippen LogP contribution in [0.25, 0.3) is 0 Å². The smallest absolute Gasteiger partial charge is 0.305 e. The molecule has 0 aromatic carbocycles. The molecule has 6 nitrogen and oxygen atoms in total. The molecule has 6 heteroatoms. The molecule has 3 N–H and O–H groups in total. The third-order valence-corrected chi connectivity index (χ3v) is 16.3. The number of esters is 1. The molecule has 0 saturated carbocycles. The zero-order chi connectivity index (χ0) is 57.1. The summed E-state index contributed by atoms with van der Waals surface area (Å²) >= 11 is 0. The van der Waals surface area contributed by atoms with E-state index in [1.165, 1.54) is 302 Å². The maximum Gasteiger partial charge on any atom is 0.305 e. The Morgan fingerprint density at radius 2 is 0.633 bits per heavy atom. The average Bonchev–Trinajstić information content (AvgIpc) is 3.45. The zero-order valence-corrected chi connectivity index (χ0v) is 53.1. The summed E-state index contributed by atoms with van der Waals surface area (Å²) in [5.74, 6) is -0.0590. The van der Waals surface area contributed by atoms with E-state index in [0.29, 0.717) is 19.4 Å². The normalized spacial score (nSPS) is 12.8. The lowest BCUT2D eigenvalue weighted by Gasteiger charge is -2.20. The van der Waals surface area contributed by atoms with Crippen LogP contribution in [0, 0.1) is 0 Å². The van der Waals surface area contributed by atoms with Gasteiger partial charge in [-0.15, -0.1) is 0 Å². The van der Waals surface area contributed by atoms with Gasteiger partial charge in [0.2, 0.25) is 5.91 Å². The summed E-state index contributed by atoms with van der Waals surface area (Å²) in [6, 6.07) is -0.627. The SMILES string of the molecule is CCCCCCC/C=C\CCCCCCCC(=O)OCCCCCCCCCCC/C=C\C/C=C\CCCCCCCCCCCCCCCCCCCC(=O)NC(CO)C(O)/C=C/CCCCCCCCCCCCCCC. The Hall–Kier alpha value is -2.18. The first kappa shape index (κ1) is 76.8. The van der Waals surface area contributed by atoms with Gasteiger partial charge in [-0.3, -0.25) is 9.59 Å². The second kappa shape index (κ2) is 68.3. The summed E-state index contributed by atoms with van der Waals surface area (Å²) in [4.78, 5) is 24.5. The van der Waals surface area contributed by atoms with Gasteiger partial charge in [0.15, 0.2) is 0 Å². The summed E-state index contributed by atoms with van der Waals surface area (Å²) in [6.45, 7) is 4.91. The molecule has 0 rings (SSSR count). The number of ether oxygens (including phenoxy) is 1. The molecule has 0 radical (unpaired) electrons. The molecule has 464 valence electrons. The molecular formula is C73H137NO5. The van der Waals surface area contributed by atoms with E-state index in [1.807, 2.05) is 6.08 Å². The lowest BCUT2D eigenvalue weighted by molar-refractivity contribution is -0.143. The molecule has 0 fully saturated rings. The molecule has 0 bridgehead atoms. The minimum Gasteiger partial charge on any atom is -0.466 e. The van der Waals surface area contributed by atoms with E-state index < -0.39 is 12.1 Å². The highest BCUT2D eigenvalue weighted by Crippen LogP contribution is 2.18. The van der Waals surface area contributed by atoms with E-state index in [1.54, 1.807) is 6.08 Å². The summed E-state index contributed by atoms with van der Waals surface area (Å²) in [5, 5.41) is 23.2. The van der Waals surface area contributed by atoms with Crippen LogP contribution in [0.1, 0.15) is 380 Å². The molecule has 0 saturated heterocycles. The highest BCUT2D eigenvalue weighted by atomic mass is 16.5. The van der Waals surface area contributed by atoms with E-state index >= 15 is 0 Å². The lowest BCUT2D eigenvalue weighted by atomic mass is 10.0. The largest absolute Gasteiger partial charge is 0.466 e. The van der Waals surface area contributed by atoms with Crippen molar-refractivity contribution in [3.63, 3.8) is 0 Å². The van der Waals surface area contributed by atoms with Crippen LogP contribution in [0.3, 0.4) is 0 Å². The van der Waals surface area contributed by atoms with Gasteiger partial charge in [-0.25, -0.2) is 0 Å². The fraction of sp³-hybridized carbons (Fsp3) is 0.863. The predicted octanol–water partition coefficient (Wildman–Crippen LogP) is 22.9. The third kappa shape index (κ3) is 64.8. The van der Waals surface area contributed by atoms with Gasteiger partial charge in [-0.2, -0.15) is 0 Å². The quantitative estimate of drug-likeness (QED) is 0.0320. The number of hydrogen-bond donors (Lipinski definition) is 3. The van der Waals surface area contributed by atoms with Crippen LogP contribution in [0.5, 0.6) is 0 Å². The fourth-order valence-corrected chi connectivity index (χ4v) is 10.9. The molecule has 0 aliphatic carbocycles. The molecule has 0 spiro atoms. The van der Waals surface area contributed by atoms with Crippen LogP contribution in [0.15, 0.2) is 48.6 Å². The van der Waals surface area contributed by atoms with Crippen LogP contribution >= 0.6 is 0 Å². The Balaban J connectivity index is 3.40. The van der Waals surface area contributed by atoms with Crippen molar-refractivity contribution in [3.05, 3.63) is 48.6 Å². The van der Waals surface area contributed by atoms with Gasteiger partial charge in [0.05, 0.1) is 25.4 Å². The first-order valence-corrected chi connectivity index (χ1v) is 35.4. The van der Waals surface area contributed by atoms with Gasteiger partial charge in [0.1, 0.15) is 0 Å². The van der Waals surface area contributed by atoms with E-state index in [4.69, 9.17) is 4.74 Å². The van der Waals surface area contributed by atoms with E-state index in [-0.39, 0.29) is 18.5 Å². The molecule has 79 heavy (non-hydrogen) atoms. The Labute approximate surface area is 493 Å². The minimum absolute atomic E-state index is 0.00540. The summed E-state index contributed by atoms with van der Waals surface area (Å²) in [7, 11) is 0. The zero-order valence-electron chi connectivity index (χ0n) is 53.1. The number of aliphatic hydroxyl groups is 2. The van der Waals surface area contributed by atoms with Crippen molar-refractivity contribution < 1.29 is 24.5 Å². The maximum absolute atomic E-state index is 12.5. The van der Waals surface area contributed by atoms with Crippen molar-refractivity contribution in [2.24, 2.45) is 0 Å². The van der Waals surface area contributed by atoms with Gasteiger partial charge in [-0.05, 0) is 89.9 Å². The average molecular weight is 1110 g/mol. The van der Waals surface area contributed by atoms with Crippen LogP contribution in [-0.2, 0) is 14.3 Å². The van der Waals surface area contributed by atoms with Crippen molar-refractivity contribution in [3.8, 4) is 0 Å². The highest BCUT2D eigenvalue weighted by Gasteiger charge is 2.18. The Morgan fingerprint density at radius 1 is 0.354 bits per heavy atom. The number of rotatable bonds is 66. The molecule has 0 aliphatic rings. The molecule has 0 heterocycles. The number of carbonyl (C=O) groups is 2. The Morgan fingerprint density at radius 3 is 0.975 bits per heavy atom. The number of amides is 1. The molecular weight excluding hydrogens is 971 g/mol. The number of allylic oxidation sites excluding steroid dienone is 7. The lowest BCUT2D eigenvalue weighted by Crippen LogP contribution is -2.45. The molecule has 1 amide bonds. The molecule has 2 atom stereocenters. The van der Waals surface area contributed by atoms with Crippen LogP contribution in [0.2, 0.25) is 0 Å². The van der Waals surface area contributed by atoms with Crippen molar-refractivity contribution >= 4 is 11.9 Å². The number of hydrogen-bond acceptors (Lipinski definition) is 5. The summed E-state index contributed by atoms with van der Waals surface area (Å²) in [5.41, 5.74) is 0. The standard InChI is InChI=1S/C73H137NO5/c1-3-5-7-9-11-13-15-17-38-41-45-49-53-57-61-65-71(76)70(69-75)74-72(77)66-62-58-54-50-46-42-39-36-34-32-30-28-26-24-22-20-19-21-23-25-27-29-31-33-35-37-40-44-48-52-56-60-64-68-79-73(78)67-63-59-55-51-47-43-18-16-14-12-10-8-6-4-2/h16,18,23,25,29,31,61,65,70-71,75-76H,3-15,17,19-22,24,26-28,30,32-60,62-64,66-69H2,1-2H3,(H,74,77)/b18-16-,25-23-,31-29-,65-61+. The first-order valence-electron chi connectivity index (χ1n) is 35.4. The molecule has 2 unspecified atom stereocenters. The van der Waals surface area contributed by atoms with Crippen molar-refractivity contribution in [2.45, 2.75) is 392 Å². The molecule has 0 aromatic heterocycles. The van der Waals surface area contributed by atoms with Crippen LogP contribution in [-0.4, -0.2) is 47.4 Å². The molecule has 0 aliphatic heterocycles. The minimum atomic E-state index is -0.843. The van der Waals surface area contributed by atoms with Gasteiger partial charge in [-0.1, -0.05) is 326 Å². The monoisotopic (exact) mass is 1110 g/mol. The number of aliphatic hydroxyl groups excluding tert-OH is 2. The van der Waals surface area contributed by atoms with E-state index in [9.17, 15) is 19.8 Å². The van der Waals surface area contributed by atoms with Crippen LogP contribution < -0.4 is 5.32 Å². The number of unbranched alkanes of at least 4 members (excludes halogenated alkanes) is 49. The van der Waals surface area contributed by atoms with E-state index in [2.05, 4.69) is 55.6 Å². The van der Waals surface area contributed by atoms with Crippen molar-refractivity contribution in [2.75, 3.05) is 13.2 Å². The highest BCUT2D eigenvalue weighted by molar-refractivity contribution is 5.76. The first-order chi connectivity index (χ1) is 39.0. The van der Waals surface area contributed by atoms with Gasteiger partial charge >= 0.3 is 5.97 Å². The summed E-state index contributed by atoms with van der Waals surface area (Å²) < 4.78 is 5.48. The second-order valence-electron chi connectivity index (χ2n) is 24.2. The number of nitrogens with one attached hydrogen (secondary N) is 1. The number of carbonyl (C=O) groups excluding carboxylic acids is 2. The second-order valence-corrected chi connectivity index (χ2v) is 24.2. The van der Waals surface area contributed by atoms with Gasteiger partial charge in [0, 0.05) is 12.8 Å². The van der Waals surface area contributed by atoms with Gasteiger partial charge in [0.25, 0.3) is 0 Å². The third-order valence-electron chi connectivity index (χ3n) is 16.3. The fourth-order valence-electron chi connectivity index (χ4n) is 10.9. The van der Waals surface area contributed by atoms with Crippen LogP contribution in [0.4, 0.5) is 0 Å². The maximum atomic E-state index is 12.5. The van der Waals surface area contributed by atoms with Crippen molar-refractivity contribution in [1.82, 2.24) is 5.32 Å². The predicted molar refractivity (Wildman–Crippen MR) is 347 cm³/mol. The van der Waals surface area contributed by atoms with Gasteiger partial charge < -0.3 is 20.3 Å². The Kier molecular flexibility index (Phi) is 66.4. The van der Waals surface area contributed by atoms with E-state index in [0.717, 1.165) is 51.4 Å². The molecule has 0 aromatic rings. The summed E-state index contributed by atoms with van der Waals surface area (Å²) in [6.07, 6.45) is 89.1.